The summed E-state index contributed by atoms with van der Waals surface area (Å²) in [5.74, 6) is 1.07. The van der Waals surface area contributed by atoms with E-state index in [0.717, 1.165) is 18.5 Å². The second-order valence-electron chi connectivity index (χ2n) is 8.17. The highest BCUT2D eigenvalue weighted by atomic mass is 16.5. The zero-order valence-corrected chi connectivity index (χ0v) is 16.9. The molecule has 1 aliphatic rings. The number of carbonyl (C=O) groups excluding carboxylic acids is 2. The summed E-state index contributed by atoms with van der Waals surface area (Å²) in [5, 5.41) is 2.99. The number of nitrogens with one attached hydrogen (secondary N) is 1. The molecule has 1 aromatic carbocycles. The van der Waals surface area contributed by atoms with Crippen molar-refractivity contribution < 1.29 is 14.3 Å². The number of hydrogen-bond acceptors (Lipinski definition) is 3. The maximum Gasteiger partial charge on any atom is 0.236 e. The van der Waals surface area contributed by atoms with Crippen LogP contribution in [0.25, 0.3) is 0 Å². The Balaban J connectivity index is 2.38. The molecule has 0 spiro atoms. The smallest absolute Gasteiger partial charge is 0.236 e. The van der Waals surface area contributed by atoms with E-state index in [-0.39, 0.29) is 17.7 Å². The predicted molar refractivity (Wildman–Crippen MR) is 106 cm³/mol. The molecule has 5 heteroatoms. The maximum atomic E-state index is 13.1. The van der Waals surface area contributed by atoms with Gasteiger partial charge in [-0.25, -0.2) is 0 Å². The molecular formula is C21H32N2O3. The van der Waals surface area contributed by atoms with Crippen LogP contribution in [0.4, 0.5) is 11.4 Å². The second kappa shape index (κ2) is 8.11. The van der Waals surface area contributed by atoms with Crippen molar-refractivity contribution in [1.82, 2.24) is 0 Å². The number of benzene rings is 1. The first kappa shape index (κ1) is 20.3. The van der Waals surface area contributed by atoms with Crippen LogP contribution in [0.1, 0.15) is 54.4 Å². The molecule has 1 aromatic rings. The third-order valence-corrected chi connectivity index (χ3v) is 4.83. The molecule has 1 aliphatic heterocycles. The number of rotatable bonds is 6. The van der Waals surface area contributed by atoms with Crippen LogP contribution < -0.4 is 15.0 Å². The highest BCUT2D eigenvalue weighted by Gasteiger charge is 2.38. The van der Waals surface area contributed by atoms with Crippen LogP contribution >= 0.6 is 0 Å². The first-order chi connectivity index (χ1) is 12.2. The molecule has 0 saturated heterocycles. The van der Waals surface area contributed by atoms with Crippen LogP contribution in [0.15, 0.2) is 18.2 Å². The van der Waals surface area contributed by atoms with E-state index in [1.54, 1.807) is 4.90 Å². The molecule has 0 aromatic heterocycles. The molecule has 5 nitrogen and oxygen atoms in total. The molecule has 0 radical (unpaired) electrons. The van der Waals surface area contributed by atoms with Crippen molar-refractivity contribution in [2.45, 2.75) is 54.4 Å². The van der Waals surface area contributed by atoms with E-state index in [4.69, 9.17) is 4.74 Å². The predicted octanol–water partition coefficient (Wildman–Crippen LogP) is 4.47. The summed E-state index contributed by atoms with van der Waals surface area (Å²) in [7, 11) is 0. The molecule has 1 heterocycles. The van der Waals surface area contributed by atoms with Crippen molar-refractivity contribution in [2.24, 2.45) is 17.3 Å². The van der Waals surface area contributed by atoms with Crippen LogP contribution in [0.5, 0.6) is 5.75 Å². The van der Waals surface area contributed by atoms with Gasteiger partial charge in [0.15, 0.2) is 0 Å². The van der Waals surface area contributed by atoms with Gasteiger partial charge in [-0.05, 0) is 50.8 Å². The van der Waals surface area contributed by atoms with Gasteiger partial charge in [0.25, 0.3) is 0 Å². The lowest BCUT2D eigenvalue weighted by molar-refractivity contribution is -0.127. The molecule has 0 aliphatic carbocycles. The highest BCUT2D eigenvalue weighted by molar-refractivity contribution is 6.00. The maximum absolute atomic E-state index is 13.1. The van der Waals surface area contributed by atoms with Crippen molar-refractivity contribution >= 4 is 23.2 Å². The van der Waals surface area contributed by atoms with Gasteiger partial charge in [-0.15, -0.1) is 0 Å². The molecule has 0 saturated carbocycles. The minimum Gasteiger partial charge on any atom is -0.490 e. The lowest BCUT2D eigenvalue weighted by Crippen LogP contribution is -2.43. The van der Waals surface area contributed by atoms with Gasteiger partial charge in [0.05, 0.1) is 11.1 Å². The minimum atomic E-state index is -0.590. The van der Waals surface area contributed by atoms with E-state index in [1.165, 1.54) is 0 Å². The topological polar surface area (TPSA) is 58.6 Å². The van der Waals surface area contributed by atoms with Crippen LogP contribution in [0, 0.1) is 17.3 Å². The molecule has 2 amide bonds. The van der Waals surface area contributed by atoms with E-state index >= 15 is 0 Å². The molecule has 0 atom stereocenters. The zero-order chi connectivity index (χ0) is 19.5. The monoisotopic (exact) mass is 360 g/mol. The van der Waals surface area contributed by atoms with E-state index in [0.29, 0.717) is 30.5 Å². The van der Waals surface area contributed by atoms with E-state index < -0.39 is 5.41 Å². The number of nitrogens with zero attached hydrogens (tertiary/aromatic N) is 1. The fourth-order valence-electron chi connectivity index (χ4n) is 3.17. The molecule has 26 heavy (non-hydrogen) atoms. The number of ether oxygens (including phenoxy) is 1. The first-order valence-corrected chi connectivity index (χ1v) is 9.59. The average Bonchev–Trinajstić information content (AvgIpc) is 2.66. The Morgan fingerprint density at radius 3 is 2.50 bits per heavy atom. The summed E-state index contributed by atoms with van der Waals surface area (Å²) in [6.07, 6.45) is 1.62. The van der Waals surface area contributed by atoms with Gasteiger partial charge in [0, 0.05) is 18.2 Å². The van der Waals surface area contributed by atoms with E-state index in [1.807, 2.05) is 45.9 Å². The summed E-state index contributed by atoms with van der Waals surface area (Å²) in [4.78, 5) is 27.3. The van der Waals surface area contributed by atoms with Crippen molar-refractivity contribution in [1.29, 1.82) is 0 Å². The number of carbonyl (C=O) groups is 2. The molecule has 1 N–H and O–H groups in total. The lowest BCUT2D eigenvalue weighted by atomic mass is 9.92. The van der Waals surface area contributed by atoms with Crippen molar-refractivity contribution in [3.63, 3.8) is 0 Å². The Morgan fingerprint density at radius 2 is 1.92 bits per heavy atom. The molecule has 2 rings (SSSR count). The normalized spacial score (nSPS) is 16.3. The van der Waals surface area contributed by atoms with Gasteiger partial charge >= 0.3 is 0 Å². The Hall–Kier alpha value is -2.04. The van der Waals surface area contributed by atoms with Crippen LogP contribution in [-0.4, -0.2) is 25.0 Å². The van der Waals surface area contributed by atoms with Gasteiger partial charge in [0.2, 0.25) is 11.8 Å². The molecule has 0 unspecified atom stereocenters. The quantitative estimate of drug-likeness (QED) is 0.814. The summed E-state index contributed by atoms with van der Waals surface area (Å²) in [5.41, 5.74) is 0.842. The zero-order valence-electron chi connectivity index (χ0n) is 16.9. The van der Waals surface area contributed by atoms with Crippen molar-refractivity contribution in [2.75, 3.05) is 23.4 Å². The summed E-state index contributed by atoms with van der Waals surface area (Å²) >= 11 is 0. The fourth-order valence-corrected chi connectivity index (χ4v) is 3.17. The van der Waals surface area contributed by atoms with Gasteiger partial charge in [-0.1, -0.05) is 27.7 Å². The van der Waals surface area contributed by atoms with Crippen LogP contribution in [0.3, 0.4) is 0 Å². The standard InChI is InChI=1S/C21H32N2O3/c1-7-15(8-2)19(24)22-16-9-10-18-17(11-16)23(12-14(3)4)20(25)21(5,6)13-26-18/h9-11,14-15H,7-8,12-13H2,1-6H3,(H,22,24). The summed E-state index contributed by atoms with van der Waals surface area (Å²) in [6.45, 7) is 13.0. The highest BCUT2D eigenvalue weighted by Crippen LogP contribution is 2.38. The largest absolute Gasteiger partial charge is 0.490 e. The number of fused-ring (bicyclic) bond motifs is 1. The van der Waals surface area contributed by atoms with Gasteiger partial charge < -0.3 is 15.0 Å². The Labute approximate surface area is 157 Å². The third-order valence-electron chi connectivity index (χ3n) is 4.83. The molecule has 0 fully saturated rings. The van der Waals surface area contributed by atoms with E-state index in [9.17, 15) is 9.59 Å². The van der Waals surface area contributed by atoms with E-state index in [2.05, 4.69) is 19.2 Å². The summed E-state index contributed by atoms with van der Waals surface area (Å²) in [6, 6.07) is 5.55. The Kier molecular flexibility index (Phi) is 6.32. The number of hydrogen-bond donors (Lipinski definition) is 1. The average molecular weight is 360 g/mol. The molecule has 144 valence electrons. The fraction of sp³-hybridized carbons (Fsp3) is 0.619. The second-order valence-corrected chi connectivity index (χ2v) is 8.17. The van der Waals surface area contributed by atoms with Gasteiger partial charge in [-0.2, -0.15) is 0 Å². The number of amides is 2. The van der Waals surface area contributed by atoms with Crippen molar-refractivity contribution in [3.05, 3.63) is 18.2 Å². The first-order valence-electron chi connectivity index (χ1n) is 9.59. The SMILES string of the molecule is CCC(CC)C(=O)Nc1ccc2c(c1)N(CC(C)C)C(=O)C(C)(C)CO2. The van der Waals surface area contributed by atoms with Crippen LogP contribution in [-0.2, 0) is 9.59 Å². The molecule has 0 bridgehead atoms. The lowest BCUT2D eigenvalue weighted by Gasteiger charge is -2.29. The van der Waals surface area contributed by atoms with Crippen molar-refractivity contribution in [3.8, 4) is 5.75 Å². The van der Waals surface area contributed by atoms with Crippen LogP contribution in [0.2, 0.25) is 0 Å². The summed E-state index contributed by atoms with van der Waals surface area (Å²) < 4.78 is 5.92. The number of anilines is 2. The van der Waals surface area contributed by atoms with Gasteiger partial charge in [0.1, 0.15) is 12.4 Å². The Morgan fingerprint density at radius 1 is 1.27 bits per heavy atom. The molecular weight excluding hydrogens is 328 g/mol. The minimum absolute atomic E-state index is 0.00241. The third kappa shape index (κ3) is 4.37. The van der Waals surface area contributed by atoms with Gasteiger partial charge in [-0.3, -0.25) is 9.59 Å². The Bertz CT molecular complexity index is 663.